The molecule has 13 heteroatoms. The Morgan fingerprint density at radius 1 is 0.656 bits per heavy atom. The lowest BCUT2D eigenvalue weighted by Gasteiger charge is -2.36. The van der Waals surface area contributed by atoms with E-state index in [-0.39, 0.29) is 0 Å². The third kappa shape index (κ3) is 25.5. The fourth-order valence-corrected chi connectivity index (χ4v) is 6.49. The van der Waals surface area contributed by atoms with Gasteiger partial charge in [-0.05, 0) is 132 Å². The molecule has 1 aliphatic carbocycles. The van der Waals surface area contributed by atoms with Gasteiger partial charge in [-0.25, -0.2) is 0 Å². The molecule has 64 heavy (non-hydrogen) atoms. The van der Waals surface area contributed by atoms with Crippen molar-refractivity contribution in [1.29, 1.82) is 0 Å². The number of hydrogen-bond donors (Lipinski definition) is 1. The zero-order chi connectivity index (χ0) is 48.2. The van der Waals surface area contributed by atoms with E-state index < -0.39 is 0 Å². The summed E-state index contributed by atoms with van der Waals surface area (Å²) in [4.78, 5) is 7.63. The van der Waals surface area contributed by atoms with E-state index in [2.05, 4.69) is 154 Å². The van der Waals surface area contributed by atoms with Crippen molar-refractivity contribution in [3.63, 3.8) is 0 Å². The van der Waals surface area contributed by atoms with Crippen molar-refractivity contribution in [3.05, 3.63) is 90.0 Å². The van der Waals surface area contributed by atoms with Crippen LogP contribution in [0.4, 0.5) is 0 Å². The number of aryl methyl sites for hydroxylation is 3. The molecule has 0 atom stereocenters. The van der Waals surface area contributed by atoms with E-state index in [4.69, 9.17) is 4.42 Å². The van der Waals surface area contributed by atoms with Gasteiger partial charge in [0.05, 0.1) is 11.9 Å². The molecular weight excluding hydrogens is 797 g/mol. The van der Waals surface area contributed by atoms with Crippen LogP contribution in [0.1, 0.15) is 164 Å². The number of allylic oxidation sites excluding steroid dienone is 4. The van der Waals surface area contributed by atoms with Crippen LogP contribution < -0.4 is 5.32 Å². The van der Waals surface area contributed by atoms with E-state index in [1.165, 1.54) is 63.4 Å². The number of nitrogens with one attached hydrogen (secondary N) is 1. The van der Waals surface area contributed by atoms with Crippen LogP contribution in [0.2, 0.25) is 0 Å². The minimum absolute atomic E-state index is 0.339. The molecule has 0 radical (unpaired) electrons. The molecule has 6 heterocycles. The molecule has 0 unspecified atom stereocenters. The molecular formula is C51H94N12O. The Hall–Kier alpha value is -3.91. The zero-order valence-corrected chi connectivity index (χ0v) is 43.9. The maximum absolute atomic E-state index is 5.12. The fourth-order valence-electron chi connectivity index (χ4n) is 6.49. The van der Waals surface area contributed by atoms with Gasteiger partial charge < -0.3 is 14.6 Å². The Labute approximate surface area is 391 Å². The highest BCUT2D eigenvalue weighted by molar-refractivity contribution is 5.27. The lowest BCUT2D eigenvalue weighted by Crippen LogP contribution is -2.48. The highest BCUT2D eigenvalue weighted by atomic mass is 16.4. The highest BCUT2D eigenvalue weighted by Crippen LogP contribution is 2.17. The van der Waals surface area contributed by atoms with Gasteiger partial charge in [-0.15, -0.1) is 10.2 Å². The summed E-state index contributed by atoms with van der Waals surface area (Å²) < 4.78 is 10.9. The number of hydrogen-bond acceptors (Lipinski definition) is 10. The topological polar surface area (TPSA) is 114 Å². The molecule has 0 aromatic carbocycles. The summed E-state index contributed by atoms with van der Waals surface area (Å²) in [5, 5.41) is 23.2. The molecule has 0 bridgehead atoms. The van der Waals surface area contributed by atoms with Gasteiger partial charge in [0.2, 0.25) is 11.8 Å². The third-order valence-electron chi connectivity index (χ3n) is 10.6. The predicted octanol–water partition coefficient (Wildman–Crippen LogP) is 10.8. The summed E-state index contributed by atoms with van der Waals surface area (Å²) in [6, 6.07) is 6.86. The van der Waals surface area contributed by atoms with E-state index >= 15 is 0 Å². The molecule has 0 spiro atoms. The first kappa shape index (κ1) is 58.1. The van der Waals surface area contributed by atoms with Crippen LogP contribution in [-0.4, -0.2) is 125 Å². The molecule has 2 fully saturated rings. The van der Waals surface area contributed by atoms with Gasteiger partial charge in [0.25, 0.3) is 0 Å². The number of nitrogens with zero attached hydrogens (tertiary/aromatic N) is 11. The average molecular weight is 891 g/mol. The smallest absolute Gasteiger partial charge is 0.219 e. The Morgan fingerprint density at radius 2 is 1.25 bits per heavy atom. The molecule has 2 aliphatic heterocycles. The largest absolute Gasteiger partial charge is 0.425 e. The van der Waals surface area contributed by atoms with Gasteiger partial charge in [0.1, 0.15) is 0 Å². The molecule has 13 nitrogen and oxygen atoms in total. The van der Waals surface area contributed by atoms with Crippen molar-refractivity contribution in [2.75, 3.05) is 58.9 Å². The molecule has 1 N–H and O–H groups in total. The minimum atomic E-state index is 0.339. The van der Waals surface area contributed by atoms with Gasteiger partial charge in [-0.1, -0.05) is 52.8 Å². The Balaban J connectivity index is 0.000000375. The molecule has 4 aromatic rings. The van der Waals surface area contributed by atoms with Crippen molar-refractivity contribution in [1.82, 2.24) is 59.6 Å². The van der Waals surface area contributed by atoms with E-state index in [1.54, 1.807) is 13.1 Å². The lowest BCUT2D eigenvalue weighted by molar-refractivity contribution is 0.109. The zero-order valence-electron chi connectivity index (χ0n) is 43.9. The molecule has 2 saturated heterocycles. The predicted molar refractivity (Wildman–Crippen MR) is 270 cm³/mol. The second-order valence-electron chi connectivity index (χ2n) is 18.9. The minimum Gasteiger partial charge on any atom is -0.425 e. The average Bonchev–Trinajstić information content (AvgIpc) is 4.12. The van der Waals surface area contributed by atoms with Crippen molar-refractivity contribution in [3.8, 4) is 0 Å². The molecule has 7 rings (SSSR count). The van der Waals surface area contributed by atoms with Crippen LogP contribution in [0.5, 0.6) is 0 Å². The molecule has 0 saturated carbocycles. The maximum atomic E-state index is 5.12. The SMILES string of the molecule is CC(C)C1=CCC=C1.CC(C)N1CCNCC1.CC(C)n1cccn1.CCCN1CCN(C(C)C)CC1.Cc1ccn(C(C)C)n1.Cc1cnn(C(C)C)c1.Cc1nnc(C(C)C)o1. The lowest BCUT2D eigenvalue weighted by atomic mass is 10.1. The van der Waals surface area contributed by atoms with Crippen LogP contribution in [0, 0.1) is 26.7 Å². The molecule has 364 valence electrons. The van der Waals surface area contributed by atoms with Crippen molar-refractivity contribution in [2.45, 2.75) is 174 Å². The monoisotopic (exact) mass is 891 g/mol. The summed E-state index contributed by atoms with van der Waals surface area (Å²) in [6.07, 6.45) is 18.8. The summed E-state index contributed by atoms with van der Waals surface area (Å²) in [5.41, 5.74) is 3.80. The normalized spacial score (nSPS) is 15.4. The van der Waals surface area contributed by atoms with Crippen LogP contribution >= 0.6 is 0 Å². The standard InChI is InChI=1S/C10H22N2.C8H12.2C7H12N2.C7H16N2.C6H10N2O.C6H10N2/c1-4-5-11-6-8-12(9-7-11)10(2)3;1-7(2)8-5-3-4-6-8;1-6(2)9-5-7(3)4-8-9;1-6(2)9-5-4-7(3)8-9;1-7(2)9-5-3-8-4-6-9;1-4(2)6-8-7-5(3)9-6;1-6(2)8-5-3-4-7-8/h10H,4-9H2,1-3H3;3,5-7H,4H2,1-2H3;2*4-6H,1-3H3;7-8H,3-6H2,1-2H3;4H,1-3H3;3-6H,1-2H3. The van der Waals surface area contributed by atoms with E-state index in [0.717, 1.165) is 37.3 Å². The summed E-state index contributed by atoms with van der Waals surface area (Å²) in [5.74, 6) is 2.41. The second-order valence-corrected chi connectivity index (χ2v) is 18.9. The first-order valence-corrected chi connectivity index (χ1v) is 24.3. The van der Waals surface area contributed by atoms with Crippen LogP contribution in [0.15, 0.2) is 71.3 Å². The van der Waals surface area contributed by atoms with Gasteiger partial charge in [-0.2, -0.15) is 15.3 Å². The van der Waals surface area contributed by atoms with Crippen molar-refractivity contribution in [2.24, 2.45) is 5.92 Å². The first-order valence-electron chi connectivity index (χ1n) is 24.3. The highest BCUT2D eigenvalue weighted by Gasteiger charge is 2.17. The fraction of sp³-hybridized carbons (Fsp3) is 0.706. The quantitative estimate of drug-likeness (QED) is 0.174. The van der Waals surface area contributed by atoms with Crippen molar-refractivity contribution < 1.29 is 4.42 Å². The van der Waals surface area contributed by atoms with Gasteiger partial charge >= 0.3 is 0 Å². The van der Waals surface area contributed by atoms with Gasteiger partial charge in [0, 0.05) is 120 Å². The van der Waals surface area contributed by atoms with Crippen LogP contribution in [0.25, 0.3) is 0 Å². The molecule has 0 amide bonds. The van der Waals surface area contributed by atoms with Gasteiger partial charge in [0.15, 0.2) is 0 Å². The Bertz CT molecular complexity index is 1640. The molecule has 4 aromatic heterocycles. The van der Waals surface area contributed by atoms with E-state index in [9.17, 15) is 0 Å². The third-order valence-corrected chi connectivity index (χ3v) is 10.6. The van der Waals surface area contributed by atoms with E-state index in [1.807, 2.05) is 78.7 Å². The summed E-state index contributed by atoms with van der Waals surface area (Å²) in [6.45, 7) is 49.5. The number of piperazine rings is 2. The summed E-state index contributed by atoms with van der Waals surface area (Å²) >= 11 is 0. The number of aromatic nitrogens is 8. The van der Waals surface area contributed by atoms with Crippen LogP contribution in [-0.2, 0) is 0 Å². The Morgan fingerprint density at radius 3 is 1.53 bits per heavy atom. The first-order chi connectivity index (χ1) is 30.2. The maximum Gasteiger partial charge on any atom is 0.219 e. The van der Waals surface area contributed by atoms with Crippen LogP contribution in [0.3, 0.4) is 0 Å². The second kappa shape index (κ2) is 32.7. The van der Waals surface area contributed by atoms with Crippen molar-refractivity contribution >= 4 is 0 Å². The Kier molecular flexibility index (Phi) is 29.7. The number of rotatable bonds is 9. The summed E-state index contributed by atoms with van der Waals surface area (Å²) in [7, 11) is 0. The van der Waals surface area contributed by atoms with E-state index in [0.29, 0.717) is 41.7 Å². The van der Waals surface area contributed by atoms with Gasteiger partial charge in [-0.3, -0.25) is 23.8 Å². The molecule has 3 aliphatic rings.